The van der Waals surface area contributed by atoms with E-state index in [4.69, 9.17) is 26.1 Å². The first-order valence-electron chi connectivity index (χ1n) is 12.0. The fourth-order valence-corrected chi connectivity index (χ4v) is 4.15. The Morgan fingerprint density at radius 1 is 1.14 bits per heavy atom. The van der Waals surface area contributed by atoms with Gasteiger partial charge >= 0.3 is 5.97 Å². The number of hydrogen-bond donors (Lipinski definition) is 3. The van der Waals surface area contributed by atoms with Gasteiger partial charge in [0, 0.05) is 17.5 Å². The summed E-state index contributed by atoms with van der Waals surface area (Å²) in [5.74, 6) is -1.87. The third-order valence-electron chi connectivity index (χ3n) is 5.60. The third kappa shape index (κ3) is 7.21. The minimum Gasteiger partial charge on any atom is -0.455 e. The number of nitrogens with two attached hydrogens (primary N) is 3. The van der Waals surface area contributed by atoms with Crippen molar-refractivity contribution in [1.82, 2.24) is 4.90 Å². The van der Waals surface area contributed by atoms with Crippen LogP contribution >= 0.6 is 0 Å². The molecular weight excluding hydrogens is 372 g/mol. The highest BCUT2D eigenvalue weighted by Gasteiger charge is 2.46. The summed E-state index contributed by atoms with van der Waals surface area (Å²) in [6, 6.07) is -0.382. The van der Waals surface area contributed by atoms with E-state index in [1.165, 1.54) is 0 Å². The highest BCUT2D eigenvalue weighted by molar-refractivity contribution is 5.93. The number of nitrogens with zero attached hydrogens (tertiary/aromatic N) is 3. The Hall–Kier alpha value is -2.32. The number of amides is 1. The Balaban J connectivity index is 2.30. The predicted octanol–water partition coefficient (Wildman–Crippen LogP) is 1.39. The Kier molecular flexibility index (Phi) is 7.10. The van der Waals surface area contributed by atoms with Gasteiger partial charge in [0.25, 0.3) is 0 Å². The summed E-state index contributed by atoms with van der Waals surface area (Å²) in [6.07, 6.45) is 9.30. The van der Waals surface area contributed by atoms with E-state index in [0.29, 0.717) is 30.6 Å². The van der Waals surface area contributed by atoms with Gasteiger partial charge in [-0.05, 0) is 38.5 Å². The molecule has 0 radical (unpaired) electrons. The molecule has 0 aromatic carbocycles. The molecule has 1 heterocycles. The fourth-order valence-electron chi connectivity index (χ4n) is 4.15. The summed E-state index contributed by atoms with van der Waals surface area (Å²) in [5.41, 5.74) is 16.1. The van der Waals surface area contributed by atoms with Crippen molar-refractivity contribution in [3.05, 3.63) is 0 Å². The summed E-state index contributed by atoms with van der Waals surface area (Å²) in [5, 5.41) is 0. The molecule has 2 atom stereocenters. The van der Waals surface area contributed by atoms with Gasteiger partial charge in [-0.3, -0.25) is 9.59 Å². The normalized spacial score (nSPS) is 30.5. The van der Waals surface area contributed by atoms with Crippen LogP contribution in [0.1, 0.15) is 81.2 Å². The van der Waals surface area contributed by atoms with Crippen molar-refractivity contribution >= 4 is 23.8 Å². The average molecular weight is 412 g/mol. The van der Waals surface area contributed by atoms with Crippen LogP contribution in [0.4, 0.5) is 0 Å². The molecule has 0 bridgehead atoms. The topological polar surface area (TPSA) is 149 Å². The third-order valence-corrected chi connectivity index (χ3v) is 5.60. The molecule has 2 aliphatic rings. The maximum atomic E-state index is 12.9. The molecule has 164 valence electrons. The number of hydrogen-bond acceptors (Lipinski definition) is 6. The molecule has 0 saturated heterocycles. The SMILES string of the molecule is [2H]C([2H])([2H])N1CC(=O)OC2(CCCCCCCCCC(=O)N=C1N)CCCC2N=C(N)N. The average Bonchev–Trinajstić information content (AvgIpc) is 3.04. The summed E-state index contributed by atoms with van der Waals surface area (Å²) in [4.78, 5) is 33.6. The van der Waals surface area contributed by atoms with E-state index in [1.54, 1.807) is 0 Å². The van der Waals surface area contributed by atoms with Crippen molar-refractivity contribution in [3.63, 3.8) is 0 Å². The summed E-state index contributed by atoms with van der Waals surface area (Å²) >= 11 is 0. The second-order valence-corrected chi connectivity index (χ2v) is 7.93. The van der Waals surface area contributed by atoms with Gasteiger partial charge in [0.1, 0.15) is 12.1 Å². The zero-order chi connectivity index (χ0) is 23.8. The maximum absolute atomic E-state index is 12.9. The van der Waals surface area contributed by atoms with Crippen LogP contribution in [0.15, 0.2) is 9.98 Å². The number of esters is 1. The van der Waals surface area contributed by atoms with Gasteiger partial charge in [-0.15, -0.1) is 0 Å². The highest BCUT2D eigenvalue weighted by atomic mass is 16.6. The minimum absolute atomic E-state index is 0.0743. The molecule has 1 saturated carbocycles. The van der Waals surface area contributed by atoms with Crippen LogP contribution in [-0.2, 0) is 14.3 Å². The molecule has 29 heavy (non-hydrogen) atoms. The van der Waals surface area contributed by atoms with Crippen molar-refractivity contribution in [3.8, 4) is 0 Å². The lowest BCUT2D eigenvalue weighted by atomic mass is 9.90. The molecule has 9 nitrogen and oxygen atoms in total. The van der Waals surface area contributed by atoms with Gasteiger partial charge in [0.2, 0.25) is 5.91 Å². The van der Waals surface area contributed by atoms with E-state index in [-0.39, 0.29) is 18.4 Å². The van der Waals surface area contributed by atoms with E-state index < -0.39 is 37.0 Å². The Morgan fingerprint density at radius 3 is 2.48 bits per heavy atom. The lowest BCUT2D eigenvalue weighted by molar-refractivity contribution is -0.161. The van der Waals surface area contributed by atoms with Crippen LogP contribution in [0.25, 0.3) is 0 Å². The van der Waals surface area contributed by atoms with Crippen molar-refractivity contribution in [2.24, 2.45) is 27.2 Å². The molecular formula is C20H36N6O3. The predicted molar refractivity (Wildman–Crippen MR) is 113 cm³/mol. The number of ether oxygens (including phenoxy) is 1. The Morgan fingerprint density at radius 2 is 1.79 bits per heavy atom. The molecule has 0 aromatic rings. The number of aliphatic imine (C=N–C) groups is 2. The van der Waals surface area contributed by atoms with Crippen LogP contribution in [0.5, 0.6) is 0 Å². The van der Waals surface area contributed by atoms with Crippen molar-refractivity contribution in [2.45, 2.75) is 88.7 Å². The van der Waals surface area contributed by atoms with Crippen LogP contribution in [0, 0.1) is 0 Å². The first-order chi connectivity index (χ1) is 15.0. The fraction of sp³-hybridized carbons (Fsp3) is 0.800. The zero-order valence-corrected chi connectivity index (χ0v) is 17.1. The van der Waals surface area contributed by atoms with Crippen LogP contribution in [0.2, 0.25) is 0 Å². The first kappa shape index (κ1) is 18.7. The van der Waals surface area contributed by atoms with Crippen LogP contribution in [-0.4, -0.2) is 53.9 Å². The van der Waals surface area contributed by atoms with Gasteiger partial charge in [-0.1, -0.05) is 32.1 Å². The van der Waals surface area contributed by atoms with E-state index >= 15 is 0 Å². The summed E-state index contributed by atoms with van der Waals surface area (Å²) < 4.78 is 29.1. The lowest BCUT2D eigenvalue weighted by Gasteiger charge is -2.34. The van der Waals surface area contributed by atoms with E-state index in [2.05, 4.69) is 9.98 Å². The van der Waals surface area contributed by atoms with Gasteiger partial charge < -0.3 is 26.8 Å². The molecule has 1 amide bonds. The number of carbonyl (C=O) groups excluding carboxylic acids is 2. The van der Waals surface area contributed by atoms with E-state index in [1.807, 2.05) is 0 Å². The number of likely N-dealkylation sites (N-methyl/N-ethyl adjacent to an activating group) is 1. The van der Waals surface area contributed by atoms with Crippen LogP contribution in [0.3, 0.4) is 0 Å². The number of carbonyl (C=O) groups is 2. The Bertz CT molecular complexity index is 724. The minimum atomic E-state index is -2.77. The molecule has 1 fully saturated rings. The van der Waals surface area contributed by atoms with Crippen LogP contribution < -0.4 is 17.2 Å². The van der Waals surface area contributed by atoms with Gasteiger partial charge in [-0.25, -0.2) is 4.99 Å². The van der Waals surface area contributed by atoms with E-state index in [9.17, 15) is 9.59 Å². The van der Waals surface area contributed by atoms with Gasteiger partial charge in [0.05, 0.1) is 6.04 Å². The quantitative estimate of drug-likeness (QED) is 0.335. The molecule has 1 aliphatic carbocycles. The monoisotopic (exact) mass is 411 g/mol. The van der Waals surface area contributed by atoms with Gasteiger partial charge in [-0.2, -0.15) is 4.99 Å². The number of rotatable bonds is 1. The Labute approximate surface area is 177 Å². The van der Waals surface area contributed by atoms with Crippen molar-refractivity contribution < 1.29 is 18.4 Å². The largest absolute Gasteiger partial charge is 0.455 e. The lowest BCUT2D eigenvalue weighted by Crippen LogP contribution is -2.46. The smallest absolute Gasteiger partial charge is 0.326 e. The molecule has 1 aliphatic heterocycles. The second-order valence-electron chi connectivity index (χ2n) is 7.93. The van der Waals surface area contributed by atoms with Crippen molar-refractivity contribution in [1.29, 1.82) is 0 Å². The molecule has 9 heteroatoms. The maximum Gasteiger partial charge on any atom is 0.326 e. The molecule has 2 rings (SSSR count). The standard InChI is InChI=1S/C20H36N6O3/c1-26-14-17(28)29-20(13-9-10-15(20)24-18(21)22)12-8-6-4-2-3-5-7-11-16(27)25-19(26)23/h15H,2-14H2,1H3,(H4,21,22,24)(H2,23,25,27)/i1D3. The highest BCUT2D eigenvalue weighted by Crippen LogP contribution is 2.40. The summed E-state index contributed by atoms with van der Waals surface area (Å²) in [7, 11) is 0. The zero-order valence-electron chi connectivity index (χ0n) is 20.1. The second kappa shape index (κ2) is 11.0. The first-order valence-corrected chi connectivity index (χ1v) is 10.5. The molecule has 0 aromatic heterocycles. The van der Waals surface area contributed by atoms with Gasteiger partial charge in [0.15, 0.2) is 11.9 Å². The molecule has 6 N–H and O–H groups in total. The van der Waals surface area contributed by atoms with Crippen molar-refractivity contribution in [2.75, 3.05) is 13.5 Å². The molecule has 1 spiro atoms. The van der Waals surface area contributed by atoms with E-state index in [0.717, 1.165) is 44.9 Å². The number of guanidine groups is 2. The molecule has 2 unspecified atom stereocenters. The summed E-state index contributed by atoms with van der Waals surface area (Å²) in [6.45, 7) is -3.42.